The third-order valence-corrected chi connectivity index (χ3v) is 1.59. The SMILES string of the molecule is C=C[C@H](N)c1c(F)cccc1F.Cl. The molecule has 2 N–H and O–H groups in total. The summed E-state index contributed by atoms with van der Waals surface area (Å²) in [7, 11) is 0. The number of nitrogens with two attached hydrogens (primary N) is 1. The van der Waals surface area contributed by atoms with Crippen LogP contribution in [0.3, 0.4) is 0 Å². The summed E-state index contributed by atoms with van der Waals surface area (Å²) in [5, 5.41) is 0. The van der Waals surface area contributed by atoms with Crippen LogP contribution in [0.2, 0.25) is 0 Å². The molecule has 72 valence electrons. The molecule has 0 amide bonds. The Bertz CT molecular complexity index is 281. The normalized spacial score (nSPS) is 11.6. The van der Waals surface area contributed by atoms with Crippen LogP contribution in [0.4, 0.5) is 8.78 Å². The molecule has 0 radical (unpaired) electrons. The third-order valence-electron chi connectivity index (χ3n) is 1.59. The molecule has 0 heterocycles. The maximum atomic E-state index is 12.9. The molecule has 0 spiro atoms. The minimum atomic E-state index is -0.786. The van der Waals surface area contributed by atoms with Crippen molar-refractivity contribution in [2.75, 3.05) is 0 Å². The van der Waals surface area contributed by atoms with Gasteiger partial charge in [-0.05, 0) is 12.1 Å². The van der Waals surface area contributed by atoms with Crippen molar-refractivity contribution in [3.63, 3.8) is 0 Å². The van der Waals surface area contributed by atoms with Crippen LogP contribution >= 0.6 is 12.4 Å². The van der Waals surface area contributed by atoms with Crippen molar-refractivity contribution in [2.24, 2.45) is 5.73 Å². The van der Waals surface area contributed by atoms with E-state index < -0.39 is 17.7 Å². The van der Waals surface area contributed by atoms with Gasteiger partial charge in [0.05, 0.1) is 6.04 Å². The van der Waals surface area contributed by atoms with Gasteiger partial charge in [0.2, 0.25) is 0 Å². The van der Waals surface area contributed by atoms with Crippen molar-refractivity contribution >= 4 is 12.4 Å². The molecule has 0 aliphatic rings. The van der Waals surface area contributed by atoms with Crippen molar-refractivity contribution in [3.05, 3.63) is 48.1 Å². The first-order valence-electron chi connectivity index (χ1n) is 3.49. The summed E-state index contributed by atoms with van der Waals surface area (Å²) in [5.41, 5.74) is 5.27. The van der Waals surface area contributed by atoms with Gasteiger partial charge in [0.25, 0.3) is 0 Å². The van der Waals surface area contributed by atoms with Gasteiger partial charge in [-0.15, -0.1) is 19.0 Å². The first kappa shape index (κ1) is 12.1. The molecule has 1 nitrogen and oxygen atoms in total. The molecule has 0 aliphatic carbocycles. The lowest BCUT2D eigenvalue weighted by Gasteiger charge is -2.08. The number of hydrogen-bond donors (Lipinski definition) is 1. The van der Waals surface area contributed by atoms with E-state index in [1.807, 2.05) is 0 Å². The summed E-state index contributed by atoms with van der Waals surface area (Å²) in [5.74, 6) is -1.27. The Kier molecular flexibility index (Phi) is 4.59. The zero-order chi connectivity index (χ0) is 9.14. The van der Waals surface area contributed by atoms with Crippen LogP contribution in [0.15, 0.2) is 30.9 Å². The quantitative estimate of drug-likeness (QED) is 0.738. The van der Waals surface area contributed by atoms with Crippen LogP contribution in [-0.2, 0) is 0 Å². The molecule has 0 bridgehead atoms. The van der Waals surface area contributed by atoms with E-state index in [9.17, 15) is 8.78 Å². The lowest BCUT2D eigenvalue weighted by molar-refractivity contribution is 0.546. The van der Waals surface area contributed by atoms with Crippen LogP contribution in [0, 0.1) is 11.6 Å². The highest BCUT2D eigenvalue weighted by Crippen LogP contribution is 2.18. The Morgan fingerprint density at radius 2 is 1.77 bits per heavy atom. The van der Waals surface area contributed by atoms with E-state index >= 15 is 0 Å². The Balaban J connectivity index is 0.00000144. The van der Waals surface area contributed by atoms with Gasteiger partial charge in [0, 0.05) is 5.56 Å². The fraction of sp³-hybridized carbons (Fsp3) is 0.111. The molecule has 1 rings (SSSR count). The summed E-state index contributed by atoms with van der Waals surface area (Å²) in [6.45, 7) is 3.36. The van der Waals surface area contributed by atoms with Crippen LogP contribution in [0.5, 0.6) is 0 Å². The number of hydrogen-bond acceptors (Lipinski definition) is 1. The maximum Gasteiger partial charge on any atom is 0.131 e. The highest BCUT2D eigenvalue weighted by atomic mass is 35.5. The van der Waals surface area contributed by atoms with Gasteiger partial charge in [-0.1, -0.05) is 12.1 Å². The van der Waals surface area contributed by atoms with Crippen molar-refractivity contribution in [1.29, 1.82) is 0 Å². The Morgan fingerprint density at radius 3 is 2.15 bits per heavy atom. The zero-order valence-corrected chi connectivity index (χ0v) is 7.65. The van der Waals surface area contributed by atoms with Crippen LogP contribution in [-0.4, -0.2) is 0 Å². The second-order valence-corrected chi connectivity index (χ2v) is 2.40. The van der Waals surface area contributed by atoms with Crippen LogP contribution in [0.25, 0.3) is 0 Å². The molecule has 1 aromatic carbocycles. The molecular formula is C9H10ClF2N. The Labute approximate surface area is 81.7 Å². The van der Waals surface area contributed by atoms with E-state index in [-0.39, 0.29) is 18.0 Å². The van der Waals surface area contributed by atoms with Crippen molar-refractivity contribution in [3.8, 4) is 0 Å². The first-order valence-corrected chi connectivity index (χ1v) is 3.49. The summed E-state index contributed by atoms with van der Waals surface area (Å²) >= 11 is 0. The molecule has 0 unspecified atom stereocenters. The van der Waals surface area contributed by atoms with E-state index in [1.54, 1.807) is 0 Å². The predicted molar refractivity (Wildman–Crippen MR) is 50.7 cm³/mol. The average molecular weight is 206 g/mol. The van der Waals surface area contributed by atoms with Gasteiger partial charge >= 0.3 is 0 Å². The molecule has 13 heavy (non-hydrogen) atoms. The molecule has 4 heteroatoms. The van der Waals surface area contributed by atoms with E-state index in [4.69, 9.17) is 5.73 Å². The minimum absolute atomic E-state index is 0. The van der Waals surface area contributed by atoms with E-state index in [1.165, 1.54) is 24.3 Å². The van der Waals surface area contributed by atoms with Gasteiger partial charge in [-0.25, -0.2) is 8.78 Å². The Hall–Kier alpha value is -0.930. The summed E-state index contributed by atoms with van der Waals surface area (Å²) in [4.78, 5) is 0. The lowest BCUT2D eigenvalue weighted by atomic mass is 10.1. The fourth-order valence-electron chi connectivity index (χ4n) is 0.947. The van der Waals surface area contributed by atoms with Crippen LogP contribution < -0.4 is 5.73 Å². The van der Waals surface area contributed by atoms with Crippen molar-refractivity contribution in [2.45, 2.75) is 6.04 Å². The largest absolute Gasteiger partial charge is 0.321 e. The fourth-order valence-corrected chi connectivity index (χ4v) is 0.947. The highest BCUT2D eigenvalue weighted by Gasteiger charge is 2.12. The van der Waals surface area contributed by atoms with Crippen molar-refractivity contribution in [1.82, 2.24) is 0 Å². The average Bonchev–Trinajstić information content (AvgIpc) is 2.03. The molecule has 0 aromatic heterocycles. The molecule has 0 saturated carbocycles. The van der Waals surface area contributed by atoms with Gasteiger partial charge in [0.1, 0.15) is 11.6 Å². The summed E-state index contributed by atoms with van der Waals surface area (Å²) in [6.07, 6.45) is 1.29. The standard InChI is InChI=1S/C9H9F2N.ClH/c1-2-8(12)9-6(10)4-3-5-7(9)11;/h2-5,8H,1,12H2;1H/t8-;/m0./s1. The van der Waals surface area contributed by atoms with E-state index in [0.717, 1.165) is 0 Å². The van der Waals surface area contributed by atoms with Gasteiger partial charge in [0.15, 0.2) is 0 Å². The minimum Gasteiger partial charge on any atom is -0.321 e. The van der Waals surface area contributed by atoms with Gasteiger partial charge in [-0.2, -0.15) is 0 Å². The van der Waals surface area contributed by atoms with Crippen molar-refractivity contribution < 1.29 is 8.78 Å². The molecular weight excluding hydrogens is 196 g/mol. The third kappa shape index (κ3) is 2.50. The number of halogens is 3. The van der Waals surface area contributed by atoms with Gasteiger partial charge in [-0.3, -0.25) is 0 Å². The second-order valence-electron chi connectivity index (χ2n) is 2.40. The summed E-state index contributed by atoms with van der Waals surface area (Å²) in [6, 6.07) is 2.85. The zero-order valence-electron chi connectivity index (χ0n) is 6.84. The number of rotatable bonds is 2. The predicted octanol–water partition coefficient (Wildman–Crippen LogP) is 2.57. The van der Waals surface area contributed by atoms with E-state index in [0.29, 0.717) is 0 Å². The smallest absolute Gasteiger partial charge is 0.131 e. The molecule has 0 saturated heterocycles. The summed E-state index contributed by atoms with van der Waals surface area (Å²) < 4.78 is 25.8. The lowest BCUT2D eigenvalue weighted by Crippen LogP contribution is -2.10. The molecule has 0 aliphatic heterocycles. The highest BCUT2D eigenvalue weighted by molar-refractivity contribution is 5.85. The maximum absolute atomic E-state index is 12.9. The Morgan fingerprint density at radius 1 is 1.31 bits per heavy atom. The molecule has 0 fully saturated rings. The second kappa shape index (κ2) is 4.94. The van der Waals surface area contributed by atoms with Gasteiger partial charge < -0.3 is 5.73 Å². The molecule has 1 atom stereocenters. The number of benzene rings is 1. The van der Waals surface area contributed by atoms with Crippen LogP contribution in [0.1, 0.15) is 11.6 Å². The monoisotopic (exact) mass is 205 g/mol. The van der Waals surface area contributed by atoms with E-state index in [2.05, 4.69) is 6.58 Å². The first-order chi connectivity index (χ1) is 5.66. The molecule has 1 aromatic rings. The topological polar surface area (TPSA) is 26.0 Å².